The van der Waals surface area contributed by atoms with Crippen molar-refractivity contribution in [2.75, 3.05) is 0 Å². The minimum absolute atomic E-state index is 0.233. The number of hydrogen-bond acceptors (Lipinski definition) is 4. The summed E-state index contributed by atoms with van der Waals surface area (Å²) < 4.78 is 0. The van der Waals surface area contributed by atoms with Gasteiger partial charge in [0, 0.05) is 28.6 Å². The van der Waals surface area contributed by atoms with E-state index < -0.39 is 0 Å². The van der Waals surface area contributed by atoms with Gasteiger partial charge in [-0.15, -0.1) is 11.3 Å². The minimum Gasteiger partial charge on any atom is -0.299 e. The molecule has 1 fully saturated rings. The van der Waals surface area contributed by atoms with E-state index in [1.54, 1.807) is 11.3 Å². The van der Waals surface area contributed by atoms with Crippen LogP contribution in [-0.4, -0.2) is 17.2 Å². The molecule has 2 aromatic rings. The van der Waals surface area contributed by atoms with Crippen molar-refractivity contribution in [3.63, 3.8) is 0 Å². The second-order valence-electron chi connectivity index (χ2n) is 5.86. The van der Waals surface area contributed by atoms with Crippen LogP contribution in [0.2, 0.25) is 0 Å². The molecule has 1 aromatic heterocycles. The summed E-state index contributed by atoms with van der Waals surface area (Å²) in [5, 5.41) is 2.07. The first-order valence-electron chi connectivity index (χ1n) is 7.50. The van der Waals surface area contributed by atoms with Crippen LogP contribution in [0.4, 0.5) is 11.4 Å². The van der Waals surface area contributed by atoms with Crippen molar-refractivity contribution < 1.29 is 4.79 Å². The van der Waals surface area contributed by atoms with Gasteiger partial charge in [-0.2, -0.15) is 0 Å². The molecule has 3 nitrogen and oxygen atoms in total. The van der Waals surface area contributed by atoms with Gasteiger partial charge in [-0.1, -0.05) is 18.2 Å². The van der Waals surface area contributed by atoms with Crippen LogP contribution in [0.15, 0.2) is 51.8 Å². The highest BCUT2D eigenvalue weighted by atomic mass is 32.1. The van der Waals surface area contributed by atoms with Crippen molar-refractivity contribution in [3.05, 3.63) is 46.7 Å². The molecule has 2 aliphatic rings. The highest BCUT2D eigenvalue weighted by molar-refractivity contribution is 7.10. The molecule has 0 saturated heterocycles. The number of benzene rings is 1. The molecule has 1 aliphatic carbocycles. The van der Waals surface area contributed by atoms with E-state index in [2.05, 4.69) is 16.4 Å². The Morgan fingerprint density at radius 2 is 1.82 bits per heavy atom. The summed E-state index contributed by atoms with van der Waals surface area (Å²) in [6.07, 6.45) is 1.44. The summed E-state index contributed by atoms with van der Waals surface area (Å²) in [6, 6.07) is 12.0. The number of carbonyl (C=O) groups excluding carboxylic acids is 1. The zero-order valence-electron chi connectivity index (χ0n) is 12.3. The van der Waals surface area contributed by atoms with Crippen molar-refractivity contribution in [2.24, 2.45) is 15.9 Å². The van der Waals surface area contributed by atoms with E-state index in [-0.39, 0.29) is 17.6 Å². The first kappa shape index (κ1) is 13.6. The molecule has 2 heterocycles. The highest BCUT2D eigenvalue weighted by Gasteiger charge is 2.37. The number of hydrogen-bond donors (Lipinski definition) is 0. The summed E-state index contributed by atoms with van der Waals surface area (Å²) in [6.45, 7) is 1.95. The van der Waals surface area contributed by atoms with Crippen molar-refractivity contribution in [2.45, 2.75) is 25.7 Å². The van der Waals surface area contributed by atoms with Crippen LogP contribution >= 0.6 is 11.3 Å². The summed E-state index contributed by atoms with van der Waals surface area (Å²) in [4.78, 5) is 23.4. The van der Waals surface area contributed by atoms with Crippen LogP contribution < -0.4 is 0 Å². The minimum atomic E-state index is -0.233. The second-order valence-corrected chi connectivity index (χ2v) is 6.84. The first-order valence-corrected chi connectivity index (χ1v) is 8.38. The van der Waals surface area contributed by atoms with Crippen molar-refractivity contribution in [3.8, 4) is 0 Å². The third-order valence-electron chi connectivity index (χ3n) is 4.36. The Balaban J connectivity index is 1.79. The van der Waals surface area contributed by atoms with Gasteiger partial charge in [0.2, 0.25) is 0 Å². The molecule has 22 heavy (non-hydrogen) atoms. The summed E-state index contributed by atoms with van der Waals surface area (Å²) in [5.74, 6) is 0.279. The molecule has 0 unspecified atom stereocenters. The maximum atomic E-state index is 12.7. The number of para-hydroxylation sites is 2. The van der Waals surface area contributed by atoms with Gasteiger partial charge in [0.1, 0.15) is 5.78 Å². The van der Waals surface area contributed by atoms with E-state index in [9.17, 15) is 4.79 Å². The maximum Gasteiger partial charge on any atom is 0.147 e. The molecule has 0 spiro atoms. The Hall–Kier alpha value is -2.07. The Kier molecular flexibility index (Phi) is 3.26. The van der Waals surface area contributed by atoms with Gasteiger partial charge in [-0.25, -0.2) is 0 Å². The lowest BCUT2D eigenvalue weighted by atomic mass is 9.77. The van der Waals surface area contributed by atoms with Crippen LogP contribution in [0.3, 0.4) is 0 Å². The van der Waals surface area contributed by atoms with Gasteiger partial charge in [-0.3, -0.25) is 14.8 Å². The number of fused-ring (bicyclic) bond motifs is 2. The molecule has 0 amide bonds. The molecule has 4 heteroatoms. The molecule has 1 aliphatic heterocycles. The van der Waals surface area contributed by atoms with E-state index >= 15 is 0 Å². The molecule has 1 aromatic carbocycles. The predicted octanol–water partition coefficient (Wildman–Crippen LogP) is 4.69. The van der Waals surface area contributed by atoms with Crippen molar-refractivity contribution in [1.82, 2.24) is 0 Å². The standard InChI is InChI=1S/C18H16N2OS/c1-11-18-15(20-14-6-3-2-5-13(14)19-11)9-12(10-16(18)21)17-7-4-8-22-17/h2-8,12,18H,9-10H2,1H3/t12-,18-/m1/s1. The van der Waals surface area contributed by atoms with E-state index in [0.29, 0.717) is 6.42 Å². The third kappa shape index (κ3) is 2.24. The molecule has 1 saturated carbocycles. The molecule has 110 valence electrons. The monoisotopic (exact) mass is 308 g/mol. The zero-order valence-corrected chi connectivity index (χ0v) is 13.1. The molecule has 0 N–H and O–H groups in total. The van der Waals surface area contributed by atoms with Gasteiger partial charge in [0.15, 0.2) is 0 Å². The lowest BCUT2D eigenvalue weighted by Crippen LogP contribution is -2.36. The number of aliphatic imine (C=N–C) groups is 2. The fraction of sp³-hybridized carbons (Fsp3) is 0.278. The highest BCUT2D eigenvalue weighted by Crippen LogP contribution is 2.39. The van der Waals surface area contributed by atoms with Gasteiger partial charge < -0.3 is 0 Å². The molecular weight excluding hydrogens is 292 g/mol. The summed E-state index contributed by atoms with van der Waals surface area (Å²) >= 11 is 1.73. The van der Waals surface area contributed by atoms with E-state index in [4.69, 9.17) is 4.99 Å². The van der Waals surface area contributed by atoms with Crippen molar-refractivity contribution >= 4 is 39.9 Å². The van der Waals surface area contributed by atoms with E-state index in [0.717, 1.165) is 29.2 Å². The SMILES string of the molecule is CC1=Nc2ccccc2N=C2C[C@@H](c3cccs3)CC(=O)[C@H]12. The molecule has 4 rings (SSSR count). The summed E-state index contributed by atoms with van der Waals surface area (Å²) in [7, 11) is 0. The van der Waals surface area contributed by atoms with Crippen LogP contribution in [-0.2, 0) is 4.79 Å². The number of rotatable bonds is 1. The van der Waals surface area contributed by atoms with Gasteiger partial charge >= 0.3 is 0 Å². The zero-order chi connectivity index (χ0) is 15.1. The number of ketones is 1. The molecular formula is C18H16N2OS. The largest absolute Gasteiger partial charge is 0.299 e. The quantitative estimate of drug-likeness (QED) is 0.753. The fourth-order valence-electron chi connectivity index (χ4n) is 3.36. The Bertz CT molecular complexity index is 789. The normalized spacial score (nSPS) is 24.0. The van der Waals surface area contributed by atoms with Gasteiger partial charge in [0.25, 0.3) is 0 Å². The maximum absolute atomic E-state index is 12.7. The number of carbonyl (C=O) groups is 1. The molecule has 0 radical (unpaired) electrons. The first-order chi connectivity index (χ1) is 10.7. The topological polar surface area (TPSA) is 41.8 Å². The lowest BCUT2D eigenvalue weighted by Gasteiger charge is -2.28. The number of nitrogens with zero attached hydrogens (tertiary/aromatic N) is 2. The number of thiophene rings is 1. The fourth-order valence-corrected chi connectivity index (χ4v) is 4.19. The van der Waals surface area contributed by atoms with Crippen molar-refractivity contribution in [1.29, 1.82) is 0 Å². The van der Waals surface area contributed by atoms with Gasteiger partial charge in [0.05, 0.1) is 17.3 Å². The number of Topliss-reactive ketones (excluding diaryl/α,β-unsaturated/α-hetero) is 1. The van der Waals surface area contributed by atoms with E-state index in [1.807, 2.05) is 37.3 Å². The Morgan fingerprint density at radius 3 is 2.55 bits per heavy atom. The summed E-state index contributed by atoms with van der Waals surface area (Å²) in [5.41, 5.74) is 3.58. The predicted molar refractivity (Wildman–Crippen MR) is 91.1 cm³/mol. The van der Waals surface area contributed by atoms with Crippen LogP contribution in [0.5, 0.6) is 0 Å². The smallest absolute Gasteiger partial charge is 0.147 e. The van der Waals surface area contributed by atoms with Crippen LogP contribution in [0, 0.1) is 5.92 Å². The second kappa shape index (κ2) is 5.29. The molecule has 2 atom stereocenters. The molecule has 0 bridgehead atoms. The van der Waals surface area contributed by atoms with Gasteiger partial charge in [-0.05, 0) is 36.9 Å². The third-order valence-corrected chi connectivity index (χ3v) is 5.40. The van der Waals surface area contributed by atoms with E-state index in [1.165, 1.54) is 4.88 Å². The van der Waals surface area contributed by atoms with Crippen LogP contribution in [0.1, 0.15) is 30.6 Å². The average molecular weight is 308 g/mol. The average Bonchev–Trinajstić information content (AvgIpc) is 2.98. The Labute approximate surface area is 133 Å². The Morgan fingerprint density at radius 1 is 1.05 bits per heavy atom. The van der Waals surface area contributed by atoms with Crippen LogP contribution in [0.25, 0.3) is 0 Å². The lowest BCUT2D eigenvalue weighted by molar-refractivity contribution is -0.120.